The smallest absolute Gasteiger partial charge is 0.321 e. The average Bonchev–Trinajstić information content (AvgIpc) is 3.17. The van der Waals surface area contributed by atoms with Crippen LogP contribution in [0.25, 0.3) is 0 Å². The lowest BCUT2D eigenvalue weighted by Gasteiger charge is -2.31. The molecule has 3 rings (SSSR count). The number of carbonyl (C=O) groups excluding carboxylic acids is 2. The lowest BCUT2D eigenvalue weighted by molar-refractivity contribution is -0.143. The number of likely N-dealkylation sites (tertiary alicyclic amines) is 2. The van der Waals surface area contributed by atoms with Crippen molar-refractivity contribution in [2.75, 3.05) is 31.5 Å². The highest BCUT2D eigenvalue weighted by Crippen LogP contribution is 2.24. The van der Waals surface area contributed by atoms with E-state index in [2.05, 4.69) is 5.32 Å². The van der Waals surface area contributed by atoms with E-state index >= 15 is 0 Å². The molecule has 0 bridgehead atoms. The summed E-state index contributed by atoms with van der Waals surface area (Å²) >= 11 is 0. The quantitative estimate of drug-likeness (QED) is 0.868. The average molecular weight is 359 g/mol. The topological polar surface area (TPSA) is 90.0 Å². The fourth-order valence-corrected chi connectivity index (χ4v) is 3.65. The van der Waals surface area contributed by atoms with Crippen LogP contribution in [0.4, 0.5) is 10.5 Å². The molecule has 140 valence electrons. The first kappa shape index (κ1) is 18.2. The summed E-state index contributed by atoms with van der Waals surface area (Å²) in [5.41, 5.74) is 1.94. The molecule has 2 aliphatic rings. The number of urea groups is 1. The molecule has 0 saturated carbocycles. The predicted octanol–water partition coefficient (Wildman–Crippen LogP) is 2.56. The van der Waals surface area contributed by atoms with Crippen molar-refractivity contribution in [3.8, 4) is 0 Å². The number of carboxylic acid groups (broad SMARTS) is 1. The Morgan fingerprint density at radius 2 is 1.77 bits per heavy atom. The largest absolute Gasteiger partial charge is 0.481 e. The van der Waals surface area contributed by atoms with E-state index in [0.717, 1.165) is 31.5 Å². The van der Waals surface area contributed by atoms with E-state index in [1.165, 1.54) is 4.90 Å². The van der Waals surface area contributed by atoms with Gasteiger partial charge in [-0.1, -0.05) is 6.07 Å². The highest BCUT2D eigenvalue weighted by Gasteiger charge is 2.28. The molecular weight excluding hydrogens is 334 g/mol. The van der Waals surface area contributed by atoms with Gasteiger partial charge in [0.25, 0.3) is 5.91 Å². The SMILES string of the molecule is Cc1c(NC(=O)N2CCCC(C(=O)O)C2)cccc1C(=O)N1CCCC1. The minimum atomic E-state index is -0.864. The van der Waals surface area contributed by atoms with Crippen molar-refractivity contribution in [1.82, 2.24) is 9.80 Å². The standard InChI is InChI=1S/C19H25N3O4/c1-13-15(17(23)21-9-2-3-10-21)7-4-8-16(13)20-19(26)22-11-5-6-14(12-22)18(24)25/h4,7-8,14H,2-3,5-6,9-12H2,1H3,(H,20,26)(H,24,25). The van der Waals surface area contributed by atoms with Crippen LogP contribution in [0.5, 0.6) is 0 Å². The second-order valence-electron chi connectivity index (χ2n) is 7.03. The van der Waals surface area contributed by atoms with Crippen LogP contribution in [0.2, 0.25) is 0 Å². The number of carboxylic acids is 1. The van der Waals surface area contributed by atoms with E-state index < -0.39 is 11.9 Å². The van der Waals surface area contributed by atoms with Crippen LogP contribution in [0.1, 0.15) is 41.6 Å². The maximum atomic E-state index is 12.7. The first-order valence-electron chi connectivity index (χ1n) is 9.15. The third-order valence-electron chi connectivity index (χ3n) is 5.26. The lowest BCUT2D eigenvalue weighted by Crippen LogP contribution is -2.44. The van der Waals surface area contributed by atoms with E-state index in [4.69, 9.17) is 0 Å². The Morgan fingerprint density at radius 3 is 2.46 bits per heavy atom. The first-order valence-corrected chi connectivity index (χ1v) is 9.15. The number of piperidine rings is 1. The molecule has 2 aliphatic heterocycles. The third-order valence-corrected chi connectivity index (χ3v) is 5.26. The highest BCUT2D eigenvalue weighted by molar-refractivity contribution is 5.99. The van der Waals surface area contributed by atoms with Gasteiger partial charge >= 0.3 is 12.0 Å². The van der Waals surface area contributed by atoms with E-state index in [-0.39, 0.29) is 18.5 Å². The molecular formula is C19H25N3O4. The summed E-state index contributed by atoms with van der Waals surface area (Å²) in [6.07, 6.45) is 3.33. The fraction of sp³-hybridized carbons (Fsp3) is 0.526. The van der Waals surface area contributed by atoms with Crippen molar-refractivity contribution >= 4 is 23.6 Å². The van der Waals surface area contributed by atoms with Gasteiger partial charge in [0.1, 0.15) is 0 Å². The van der Waals surface area contributed by atoms with Gasteiger partial charge in [-0.3, -0.25) is 9.59 Å². The Kier molecular flexibility index (Phi) is 5.44. The molecule has 2 N–H and O–H groups in total. The molecule has 1 unspecified atom stereocenters. The first-order chi connectivity index (χ1) is 12.5. The molecule has 7 nitrogen and oxygen atoms in total. The number of amides is 3. The van der Waals surface area contributed by atoms with Crippen LogP contribution in [0, 0.1) is 12.8 Å². The Hall–Kier alpha value is -2.57. The molecule has 2 fully saturated rings. The van der Waals surface area contributed by atoms with E-state index in [1.54, 1.807) is 18.2 Å². The molecule has 0 spiro atoms. The molecule has 2 saturated heterocycles. The van der Waals surface area contributed by atoms with Crippen molar-refractivity contribution in [1.29, 1.82) is 0 Å². The molecule has 0 aromatic heterocycles. The van der Waals surface area contributed by atoms with Crippen LogP contribution in [0.15, 0.2) is 18.2 Å². The summed E-state index contributed by atoms with van der Waals surface area (Å²) in [7, 11) is 0. The number of nitrogens with zero attached hydrogens (tertiary/aromatic N) is 2. The molecule has 1 aromatic carbocycles. The number of anilines is 1. The lowest BCUT2D eigenvalue weighted by atomic mass is 9.98. The van der Waals surface area contributed by atoms with Gasteiger partial charge in [-0.15, -0.1) is 0 Å². The normalized spacial score (nSPS) is 20.1. The van der Waals surface area contributed by atoms with Gasteiger partial charge in [-0.05, 0) is 50.3 Å². The molecule has 0 radical (unpaired) electrons. The second kappa shape index (κ2) is 7.76. The van der Waals surface area contributed by atoms with Crippen LogP contribution >= 0.6 is 0 Å². The van der Waals surface area contributed by atoms with Gasteiger partial charge in [-0.2, -0.15) is 0 Å². The number of hydrogen-bond acceptors (Lipinski definition) is 3. The Balaban J connectivity index is 1.71. The Bertz CT molecular complexity index is 713. The zero-order valence-electron chi connectivity index (χ0n) is 15.0. The number of aliphatic carboxylic acids is 1. The number of carbonyl (C=O) groups is 3. The molecule has 26 heavy (non-hydrogen) atoms. The van der Waals surface area contributed by atoms with Crippen molar-refractivity contribution in [3.05, 3.63) is 29.3 Å². The van der Waals surface area contributed by atoms with Crippen LogP contribution < -0.4 is 5.32 Å². The van der Waals surface area contributed by atoms with Crippen molar-refractivity contribution < 1.29 is 19.5 Å². The van der Waals surface area contributed by atoms with E-state index in [1.807, 2.05) is 11.8 Å². The predicted molar refractivity (Wildman–Crippen MR) is 97.3 cm³/mol. The summed E-state index contributed by atoms with van der Waals surface area (Å²) in [6, 6.07) is 5.01. The minimum Gasteiger partial charge on any atom is -0.481 e. The molecule has 7 heteroatoms. The maximum Gasteiger partial charge on any atom is 0.321 e. The third kappa shape index (κ3) is 3.81. The van der Waals surface area contributed by atoms with E-state index in [9.17, 15) is 19.5 Å². The maximum absolute atomic E-state index is 12.7. The van der Waals surface area contributed by atoms with Crippen LogP contribution in [0.3, 0.4) is 0 Å². The van der Waals surface area contributed by atoms with Gasteiger partial charge in [0.05, 0.1) is 5.92 Å². The number of benzene rings is 1. The Labute approximate surface area is 153 Å². The van der Waals surface area contributed by atoms with E-state index in [0.29, 0.717) is 30.6 Å². The van der Waals surface area contributed by atoms with Gasteiger partial charge in [0.15, 0.2) is 0 Å². The van der Waals surface area contributed by atoms with Gasteiger partial charge in [0, 0.05) is 37.4 Å². The Morgan fingerprint density at radius 1 is 1.08 bits per heavy atom. The monoisotopic (exact) mass is 359 g/mol. The second-order valence-corrected chi connectivity index (χ2v) is 7.03. The number of nitrogens with one attached hydrogen (secondary N) is 1. The fourth-order valence-electron chi connectivity index (χ4n) is 3.65. The van der Waals surface area contributed by atoms with Crippen molar-refractivity contribution in [2.45, 2.75) is 32.6 Å². The molecule has 2 heterocycles. The number of rotatable bonds is 3. The minimum absolute atomic E-state index is 0.0000118. The summed E-state index contributed by atoms with van der Waals surface area (Å²) in [5, 5.41) is 12.0. The molecule has 1 aromatic rings. The van der Waals surface area contributed by atoms with Gasteiger partial charge < -0.3 is 20.2 Å². The van der Waals surface area contributed by atoms with Crippen LogP contribution in [-0.4, -0.2) is 59.0 Å². The van der Waals surface area contributed by atoms with Crippen molar-refractivity contribution in [3.63, 3.8) is 0 Å². The highest BCUT2D eigenvalue weighted by atomic mass is 16.4. The molecule has 0 aliphatic carbocycles. The van der Waals surface area contributed by atoms with Crippen LogP contribution in [-0.2, 0) is 4.79 Å². The van der Waals surface area contributed by atoms with Gasteiger partial charge in [0.2, 0.25) is 0 Å². The number of hydrogen-bond donors (Lipinski definition) is 2. The summed E-state index contributed by atoms with van der Waals surface area (Å²) in [4.78, 5) is 39.8. The molecule has 1 atom stereocenters. The summed E-state index contributed by atoms with van der Waals surface area (Å²) in [6.45, 7) is 4.14. The van der Waals surface area contributed by atoms with Gasteiger partial charge in [-0.25, -0.2) is 4.79 Å². The van der Waals surface area contributed by atoms with Crippen molar-refractivity contribution in [2.24, 2.45) is 5.92 Å². The zero-order chi connectivity index (χ0) is 18.7. The summed E-state index contributed by atoms with van der Waals surface area (Å²) in [5.74, 6) is -1.38. The molecule has 3 amide bonds. The zero-order valence-corrected chi connectivity index (χ0v) is 15.0. The summed E-state index contributed by atoms with van der Waals surface area (Å²) < 4.78 is 0.